The Morgan fingerprint density at radius 2 is 1.79 bits per heavy atom. The number of esters is 1. The normalized spacial score (nSPS) is 30.0. The van der Waals surface area contributed by atoms with Gasteiger partial charge < -0.3 is 29.7 Å². The maximum Gasteiger partial charge on any atom is 0.313 e. The Bertz CT molecular complexity index is 1570. The maximum atomic E-state index is 15.0. The number of likely N-dealkylation sites (tertiary alicyclic amines) is 1. The molecule has 0 aromatic heterocycles. The van der Waals surface area contributed by atoms with Crippen LogP contribution in [0.5, 0.6) is 0 Å². The first-order valence-electron chi connectivity index (χ1n) is 16.6. The second kappa shape index (κ2) is 13.8. The number of fused-ring (bicyclic) bond motifs is 2. The van der Waals surface area contributed by atoms with Gasteiger partial charge >= 0.3 is 5.97 Å². The van der Waals surface area contributed by atoms with E-state index in [2.05, 4.69) is 5.32 Å². The van der Waals surface area contributed by atoms with Gasteiger partial charge in [-0.15, -0.1) is 0 Å². The van der Waals surface area contributed by atoms with Crippen LogP contribution in [0.4, 0.5) is 5.69 Å². The number of aliphatic hydroxyl groups excluding tert-OH is 1. The van der Waals surface area contributed by atoms with E-state index in [1.807, 2.05) is 74.5 Å². The molecule has 2 aromatic rings. The molecule has 47 heavy (non-hydrogen) atoms. The SMILES string of the molecule is Cc1ccc(C)c(N2C/C=C\CCC(=O)NC[C@@H](c3ccccc3)OC(=O)[C@@H]3[C@@H]4C=C[C@]5(O4)[C@H](C2=O)N(CCCCCO)C(=O)[C@@H]35)c1. The summed E-state index contributed by atoms with van der Waals surface area (Å²) in [6.07, 6.45) is 8.38. The van der Waals surface area contributed by atoms with Crippen molar-refractivity contribution in [2.24, 2.45) is 11.8 Å². The van der Waals surface area contributed by atoms with E-state index < -0.39 is 41.7 Å². The van der Waals surface area contributed by atoms with Crippen molar-refractivity contribution in [3.63, 3.8) is 0 Å². The lowest BCUT2D eigenvalue weighted by Gasteiger charge is -2.36. The van der Waals surface area contributed by atoms with Crippen molar-refractivity contribution in [2.45, 2.75) is 69.8 Å². The number of hydrogen-bond donors (Lipinski definition) is 2. The minimum Gasteiger partial charge on any atom is -0.455 e. The fourth-order valence-corrected chi connectivity index (χ4v) is 7.41. The van der Waals surface area contributed by atoms with Crippen LogP contribution in [0.15, 0.2) is 72.8 Å². The number of benzene rings is 2. The molecule has 2 fully saturated rings. The molecule has 6 atom stereocenters. The van der Waals surface area contributed by atoms with Gasteiger partial charge in [-0.3, -0.25) is 19.2 Å². The molecule has 0 unspecified atom stereocenters. The summed E-state index contributed by atoms with van der Waals surface area (Å²) in [5, 5.41) is 12.3. The van der Waals surface area contributed by atoms with Crippen LogP contribution < -0.4 is 10.2 Å². The quantitative estimate of drug-likeness (QED) is 0.268. The van der Waals surface area contributed by atoms with Crippen molar-refractivity contribution in [3.8, 4) is 0 Å². The first-order chi connectivity index (χ1) is 22.7. The number of aryl methyl sites for hydroxylation is 2. The summed E-state index contributed by atoms with van der Waals surface area (Å²) < 4.78 is 12.7. The highest BCUT2D eigenvalue weighted by atomic mass is 16.6. The third-order valence-corrected chi connectivity index (χ3v) is 9.77. The van der Waals surface area contributed by atoms with Crippen LogP contribution in [0, 0.1) is 25.7 Å². The molecule has 2 aromatic carbocycles. The Kier molecular flexibility index (Phi) is 9.61. The molecule has 5 bridgehead atoms. The molecular formula is C37H43N3O7. The highest BCUT2D eigenvalue weighted by Crippen LogP contribution is 2.56. The second-order valence-corrected chi connectivity index (χ2v) is 12.9. The minimum absolute atomic E-state index is 0.0418. The van der Waals surface area contributed by atoms with E-state index in [0.29, 0.717) is 31.2 Å². The largest absolute Gasteiger partial charge is 0.455 e. The smallest absolute Gasteiger partial charge is 0.313 e. The molecule has 0 aliphatic carbocycles. The van der Waals surface area contributed by atoms with Crippen molar-refractivity contribution >= 4 is 29.4 Å². The maximum absolute atomic E-state index is 15.0. The number of unbranched alkanes of at least 4 members (excludes halogenated alkanes) is 2. The summed E-state index contributed by atoms with van der Waals surface area (Å²) in [6, 6.07) is 14.1. The lowest BCUT2D eigenvalue weighted by Crippen LogP contribution is -2.56. The number of anilines is 1. The van der Waals surface area contributed by atoms with Crippen molar-refractivity contribution < 1.29 is 33.8 Å². The number of carbonyl (C=O) groups is 4. The summed E-state index contributed by atoms with van der Waals surface area (Å²) in [5.41, 5.74) is 1.98. The standard InChI is InChI=1S/C37H43N3O7/c1-24-15-16-25(2)27(22-24)39-19-9-4-8-14-30(42)38-23-29(26-12-6-3-7-13-26)46-36(45)31-28-17-18-37(47-28)32(31)34(43)40(33(37)35(39)44)20-10-5-11-21-41/h3-4,6-7,9,12-13,15-18,22,28-29,31-33,41H,5,8,10-11,14,19-21,23H2,1-2H3,(H,38,42)/b9-4-/t28-,29-,31+,32+,33-,37+/m0/s1. The molecule has 3 amide bonds. The molecule has 1 spiro atoms. The molecule has 10 nitrogen and oxygen atoms in total. The van der Waals surface area contributed by atoms with Gasteiger partial charge in [0.1, 0.15) is 23.7 Å². The van der Waals surface area contributed by atoms with Crippen LogP contribution >= 0.6 is 0 Å². The van der Waals surface area contributed by atoms with Crippen LogP contribution in [0.25, 0.3) is 0 Å². The van der Waals surface area contributed by atoms with Gasteiger partial charge in [-0.1, -0.05) is 66.8 Å². The van der Waals surface area contributed by atoms with Crippen molar-refractivity contribution in [1.82, 2.24) is 10.2 Å². The van der Waals surface area contributed by atoms with Crippen LogP contribution in [-0.4, -0.2) is 77.7 Å². The highest BCUT2D eigenvalue weighted by molar-refractivity contribution is 6.05. The van der Waals surface area contributed by atoms with Crippen LogP contribution in [0.2, 0.25) is 0 Å². The summed E-state index contributed by atoms with van der Waals surface area (Å²) in [4.78, 5) is 59.6. The van der Waals surface area contributed by atoms with Gasteiger partial charge in [-0.05, 0) is 62.3 Å². The molecule has 4 aliphatic rings. The van der Waals surface area contributed by atoms with Gasteiger partial charge in [0, 0.05) is 31.8 Å². The molecule has 0 radical (unpaired) electrons. The summed E-state index contributed by atoms with van der Waals surface area (Å²) in [5.74, 6) is -3.32. The van der Waals surface area contributed by atoms with E-state index in [1.54, 1.807) is 22.0 Å². The van der Waals surface area contributed by atoms with Crippen molar-refractivity contribution in [1.29, 1.82) is 0 Å². The Hall–Kier alpha value is -4.28. The van der Waals surface area contributed by atoms with E-state index >= 15 is 0 Å². The summed E-state index contributed by atoms with van der Waals surface area (Å²) in [6.45, 7) is 4.54. The third kappa shape index (κ3) is 6.24. The molecule has 2 saturated heterocycles. The lowest BCUT2D eigenvalue weighted by atomic mass is 9.74. The van der Waals surface area contributed by atoms with Gasteiger partial charge in [-0.25, -0.2) is 0 Å². The van der Waals surface area contributed by atoms with E-state index in [0.717, 1.165) is 16.8 Å². The first-order valence-corrected chi connectivity index (χ1v) is 16.6. The van der Waals surface area contributed by atoms with Gasteiger partial charge in [0.2, 0.25) is 11.8 Å². The third-order valence-electron chi connectivity index (χ3n) is 9.77. The number of nitrogens with zero attached hydrogens (tertiary/aromatic N) is 2. The van der Waals surface area contributed by atoms with Crippen molar-refractivity contribution in [3.05, 3.63) is 89.5 Å². The lowest BCUT2D eigenvalue weighted by molar-refractivity contribution is -0.159. The van der Waals surface area contributed by atoms with Crippen LogP contribution in [-0.2, 0) is 28.7 Å². The Labute approximate surface area is 275 Å². The van der Waals surface area contributed by atoms with E-state index in [-0.39, 0.29) is 50.4 Å². The number of aliphatic hydroxyl groups is 1. The number of rotatable bonds is 7. The zero-order valence-electron chi connectivity index (χ0n) is 27.0. The van der Waals surface area contributed by atoms with Gasteiger partial charge in [0.05, 0.1) is 18.6 Å². The number of allylic oxidation sites excluding steroid dienone is 1. The number of hydrogen-bond acceptors (Lipinski definition) is 7. The number of cyclic esters (lactones) is 1. The Morgan fingerprint density at radius 3 is 2.57 bits per heavy atom. The van der Waals surface area contributed by atoms with E-state index in [9.17, 15) is 24.3 Å². The second-order valence-electron chi connectivity index (χ2n) is 12.9. The van der Waals surface area contributed by atoms with E-state index in [1.165, 1.54) is 0 Å². The number of carbonyl (C=O) groups excluding carboxylic acids is 4. The molecule has 4 aliphatic heterocycles. The average Bonchev–Trinajstić information content (AvgIpc) is 3.71. The predicted octanol–water partition coefficient (Wildman–Crippen LogP) is 3.70. The summed E-state index contributed by atoms with van der Waals surface area (Å²) in [7, 11) is 0. The molecular weight excluding hydrogens is 598 g/mol. The van der Waals surface area contributed by atoms with Crippen LogP contribution in [0.3, 0.4) is 0 Å². The number of nitrogens with one attached hydrogen (secondary N) is 1. The molecule has 2 N–H and O–H groups in total. The number of amides is 3. The fraction of sp³-hybridized carbons (Fsp3) is 0.459. The highest BCUT2D eigenvalue weighted by Gasteiger charge is 2.73. The predicted molar refractivity (Wildman–Crippen MR) is 175 cm³/mol. The van der Waals surface area contributed by atoms with Gasteiger partial charge in [0.25, 0.3) is 5.91 Å². The van der Waals surface area contributed by atoms with Crippen LogP contribution in [0.1, 0.15) is 54.9 Å². The average molecular weight is 642 g/mol. The molecule has 10 heteroatoms. The molecule has 248 valence electrons. The first kappa shape index (κ1) is 32.7. The molecule has 4 heterocycles. The molecule has 0 saturated carbocycles. The zero-order valence-corrected chi connectivity index (χ0v) is 27.0. The van der Waals surface area contributed by atoms with Gasteiger partial charge in [-0.2, -0.15) is 0 Å². The monoisotopic (exact) mass is 641 g/mol. The zero-order chi connectivity index (χ0) is 33.1. The van der Waals surface area contributed by atoms with Gasteiger partial charge in [0.15, 0.2) is 0 Å². The molecule has 6 rings (SSSR count). The summed E-state index contributed by atoms with van der Waals surface area (Å²) >= 11 is 0. The Balaban J connectivity index is 1.43. The minimum atomic E-state index is -1.34. The fourth-order valence-electron chi connectivity index (χ4n) is 7.41. The van der Waals surface area contributed by atoms with E-state index in [4.69, 9.17) is 9.47 Å². The number of ether oxygens (including phenoxy) is 2. The van der Waals surface area contributed by atoms with Crippen molar-refractivity contribution in [2.75, 3.05) is 31.1 Å². The topological polar surface area (TPSA) is 125 Å². The Morgan fingerprint density at radius 1 is 0.979 bits per heavy atom.